The molecule has 1 atom stereocenters. The standard InChI is InChI=1S/C23H24BN7O4/c24-30-16(23(33)34)11-14-1-3-15(4-2-14)17-13-27-21(25)20(28-17)22(32)29-18-12-26-6-5-19(18)31-7-9-35-10-8-31/h1-6,12-13,16,30H,7-11H2,(H2,25,27)(H,29,32)(H,33,34)/t16-/m1/s1. The van der Waals surface area contributed by atoms with Crippen LogP contribution in [-0.2, 0) is 16.0 Å². The molecule has 12 heteroatoms. The zero-order chi connectivity index (χ0) is 24.8. The van der Waals surface area contributed by atoms with Crippen molar-refractivity contribution in [3.8, 4) is 11.3 Å². The topological polar surface area (TPSA) is 156 Å². The predicted molar refractivity (Wildman–Crippen MR) is 131 cm³/mol. The van der Waals surface area contributed by atoms with Gasteiger partial charge in [-0.1, -0.05) is 24.3 Å². The zero-order valence-corrected chi connectivity index (χ0v) is 18.8. The summed E-state index contributed by atoms with van der Waals surface area (Å²) in [6, 6.07) is 8.01. The summed E-state index contributed by atoms with van der Waals surface area (Å²) < 4.78 is 5.41. The van der Waals surface area contributed by atoms with Crippen LogP contribution in [0.5, 0.6) is 0 Å². The van der Waals surface area contributed by atoms with Crippen LogP contribution in [-0.4, -0.2) is 72.3 Å². The van der Waals surface area contributed by atoms with Gasteiger partial charge in [0.1, 0.15) is 0 Å². The smallest absolute Gasteiger partial charge is 0.319 e. The highest BCUT2D eigenvalue weighted by atomic mass is 16.5. The van der Waals surface area contributed by atoms with Gasteiger partial charge >= 0.3 is 5.97 Å². The van der Waals surface area contributed by atoms with E-state index in [0.717, 1.165) is 11.3 Å². The van der Waals surface area contributed by atoms with Crippen molar-refractivity contribution in [2.45, 2.75) is 12.5 Å². The monoisotopic (exact) mass is 473 g/mol. The highest BCUT2D eigenvalue weighted by Gasteiger charge is 2.20. The van der Waals surface area contributed by atoms with Crippen LogP contribution in [0.1, 0.15) is 16.1 Å². The number of nitrogens with two attached hydrogens (primary N) is 1. The minimum Gasteiger partial charge on any atom is -0.480 e. The van der Waals surface area contributed by atoms with Crippen LogP contribution in [0.2, 0.25) is 0 Å². The summed E-state index contributed by atoms with van der Waals surface area (Å²) in [5.74, 6) is -1.55. The molecule has 1 aromatic carbocycles. The summed E-state index contributed by atoms with van der Waals surface area (Å²) in [5, 5.41) is 14.3. The Hall–Kier alpha value is -4.03. The van der Waals surface area contributed by atoms with Crippen LogP contribution < -0.4 is 21.2 Å². The van der Waals surface area contributed by atoms with Crippen molar-refractivity contribution >= 4 is 37.1 Å². The van der Waals surface area contributed by atoms with E-state index in [4.69, 9.17) is 23.6 Å². The molecule has 0 saturated carbocycles. The number of nitrogens with zero attached hydrogens (tertiary/aromatic N) is 4. The average molecular weight is 473 g/mol. The number of rotatable bonds is 8. The number of hydrogen-bond donors (Lipinski definition) is 4. The van der Waals surface area contributed by atoms with Crippen LogP contribution in [0.4, 0.5) is 17.2 Å². The van der Waals surface area contributed by atoms with Gasteiger partial charge in [-0.05, 0) is 18.1 Å². The van der Waals surface area contributed by atoms with E-state index in [-0.39, 0.29) is 17.9 Å². The Bertz CT molecular complexity index is 1200. The fourth-order valence-electron chi connectivity index (χ4n) is 3.71. The molecule has 3 heterocycles. The number of ether oxygens (including phenoxy) is 1. The number of hydrogen-bond acceptors (Lipinski definition) is 9. The second-order valence-electron chi connectivity index (χ2n) is 7.89. The number of pyridine rings is 1. The lowest BCUT2D eigenvalue weighted by atomic mass is 10.0. The van der Waals surface area contributed by atoms with Gasteiger partial charge in [0.15, 0.2) is 19.5 Å². The number of nitrogens with one attached hydrogen (secondary N) is 2. The van der Waals surface area contributed by atoms with Crippen molar-refractivity contribution < 1.29 is 19.4 Å². The van der Waals surface area contributed by atoms with Gasteiger partial charge in [-0.15, -0.1) is 0 Å². The van der Waals surface area contributed by atoms with E-state index < -0.39 is 17.9 Å². The summed E-state index contributed by atoms with van der Waals surface area (Å²) in [6.45, 7) is 2.62. The van der Waals surface area contributed by atoms with E-state index in [1.165, 1.54) is 6.20 Å². The fraction of sp³-hybridized carbons (Fsp3) is 0.261. The SMILES string of the molecule is [B]N[C@H](Cc1ccc(-c2cnc(N)c(C(=O)Nc3cnccc3N3CCOCC3)n2)cc1)C(=O)O. The Morgan fingerprint density at radius 2 is 1.91 bits per heavy atom. The lowest BCUT2D eigenvalue weighted by Crippen LogP contribution is -2.36. The summed E-state index contributed by atoms with van der Waals surface area (Å²) in [5.41, 5.74) is 9.25. The molecule has 1 saturated heterocycles. The first-order chi connectivity index (χ1) is 17.0. The number of aliphatic carboxylic acids is 1. The predicted octanol–water partition coefficient (Wildman–Crippen LogP) is 0.878. The van der Waals surface area contributed by atoms with Crippen molar-refractivity contribution in [2.24, 2.45) is 0 Å². The molecular formula is C23H24BN7O4. The van der Waals surface area contributed by atoms with E-state index >= 15 is 0 Å². The third kappa shape index (κ3) is 5.73. The van der Waals surface area contributed by atoms with Gasteiger partial charge in [-0.25, -0.2) is 9.97 Å². The highest BCUT2D eigenvalue weighted by Crippen LogP contribution is 2.27. The number of carbonyl (C=O) groups is 2. The Kier molecular flexibility index (Phi) is 7.53. The van der Waals surface area contributed by atoms with Crippen LogP contribution in [0, 0.1) is 0 Å². The number of carbonyl (C=O) groups excluding carboxylic acids is 1. The quantitative estimate of drug-likeness (QED) is 0.347. The van der Waals surface area contributed by atoms with Gasteiger partial charge in [0.05, 0.1) is 48.7 Å². The maximum Gasteiger partial charge on any atom is 0.319 e. The summed E-state index contributed by atoms with van der Waals surface area (Å²) in [7, 11) is 5.30. The molecule has 35 heavy (non-hydrogen) atoms. The molecule has 1 aliphatic rings. The molecule has 1 aliphatic heterocycles. The molecule has 0 unspecified atom stereocenters. The molecule has 2 aromatic heterocycles. The maximum absolute atomic E-state index is 13.1. The van der Waals surface area contributed by atoms with Gasteiger partial charge in [-0.3, -0.25) is 14.6 Å². The first-order valence-electron chi connectivity index (χ1n) is 10.9. The summed E-state index contributed by atoms with van der Waals surface area (Å²) in [6.07, 6.45) is 4.94. The maximum atomic E-state index is 13.1. The van der Waals surface area contributed by atoms with E-state index in [1.807, 2.05) is 6.07 Å². The number of nitrogen functional groups attached to an aromatic ring is 1. The lowest BCUT2D eigenvalue weighted by Gasteiger charge is -2.30. The molecule has 1 fully saturated rings. The molecule has 4 rings (SSSR count). The van der Waals surface area contributed by atoms with Crippen molar-refractivity contribution in [3.05, 3.63) is 60.2 Å². The number of anilines is 3. The van der Waals surface area contributed by atoms with Gasteiger partial charge in [0.2, 0.25) is 0 Å². The molecule has 11 nitrogen and oxygen atoms in total. The van der Waals surface area contributed by atoms with Gasteiger partial charge in [-0.2, -0.15) is 0 Å². The van der Waals surface area contributed by atoms with Gasteiger partial charge in [0.25, 0.3) is 5.91 Å². The molecular weight excluding hydrogens is 449 g/mol. The number of carboxylic acid groups (broad SMARTS) is 1. The minimum absolute atomic E-state index is 0.00185. The Balaban J connectivity index is 1.53. The average Bonchev–Trinajstić information content (AvgIpc) is 2.88. The van der Waals surface area contributed by atoms with Crippen LogP contribution in [0.15, 0.2) is 48.9 Å². The van der Waals surface area contributed by atoms with E-state index in [1.54, 1.807) is 36.7 Å². The van der Waals surface area contributed by atoms with Gasteiger partial charge < -0.3 is 31.0 Å². The van der Waals surface area contributed by atoms with E-state index in [2.05, 4.69) is 30.4 Å². The number of carboxylic acids is 1. The summed E-state index contributed by atoms with van der Waals surface area (Å²) >= 11 is 0. The minimum atomic E-state index is -1.04. The Labute approximate surface area is 203 Å². The van der Waals surface area contributed by atoms with E-state index in [0.29, 0.717) is 43.2 Å². The first kappa shape index (κ1) is 24.1. The van der Waals surface area contributed by atoms with Crippen LogP contribution in [0.3, 0.4) is 0 Å². The van der Waals surface area contributed by atoms with Crippen LogP contribution in [0.25, 0.3) is 11.3 Å². The van der Waals surface area contributed by atoms with Gasteiger partial charge in [0, 0.05) is 24.8 Å². The number of aromatic nitrogens is 3. The second kappa shape index (κ2) is 10.9. The van der Waals surface area contributed by atoms with Crippen molar-refractivity contribution in [1.82, 2.24) is 20.2 Å². The number of morpholine rings is 1. The molecule has 0 aliphatic carbocycles. The highest BCUT2D eigenvalue weighted by molar-refractivity contribution is 6.07. The van der Waals surface area contributed by atoms with E-state index in [9.17, 15) is 9.59 Å². The molecule has 3 aromatic rings. The Morgan fingerprint density at radius 3 is 2.60 bits per heavy atom. The van der Waals surface area contributed by atoms with Crippen molar-refractivity contribution in [2.75, 3.05) is 42.3 Å². The third-order valence-electron chi connectivity index (χ3n) is 5.60. The second-order valence-corrected chi connectivity index (χ2v) is 7.89. The molecule has 1 amide bonds. The third-order valence-corrected chi connectivity index (χ3v) is 5.60. The first-order valence-corrected chi connectivity index (χ1v) is 10.9. The Morgan fingerprint density at radius 1 is 1.17 bits per heavy atom. The number of benzene rings is 1. The molecule has 5 N–H and O–H groups in total. The fourth-order valence-corrected chi connectivity index (χ4v) is 3.71. The van der Waals surface area contributed by atoms with Crippen molar-refractivity contribution in [3.63, 3.8) is 0 Å². The van der Waals surface area contributed by atoms with Crippen molar-refractivity contribution in [1.29, 1.82) is 0 Å². The largest absolute Gasteiger partial charge is 0.480 e. The molecule has 0 bridgehead atoms. The zero-order valence-electron chi connectivity index (χ0n) is 18.8. The molecule has 2 radical (unpaired) electrons. The van der Waals surface area contributed by atoms with Crippen LogP contribution >= 0.6 is 0 Å². The summed E-state index contributed by atoms with van der Waals surface area (Å²) in [4.78, 5) is 39.1. The molecule has 0 spiro atoms. The molecule has 178 valence electrons. The normalized spacial score (nSPS) is 14.3. The number of amides is 1. The lowest BCUT2D eigenvalue weighted by molar-refractivity contribution is -0.138.